The van der Waals surface area contributed by atoms with Crippen molar-refractivity contribution in [3.63, 3.8) is 0 Å². The molecule has 0 unspecified atom stereocenters. The van der Waals surface area contributed by atoms with Crippen LogP contribution >= 0.6 is 23.2 Å². The van der Waals surface area contributed by atoms with E-state index < -0.39 is 0 Å². The van der Waals surface area contributed by atoms with Crippen LogP contribution in [-0.2, 0) is 0 Å². The highest BCUT2D eigenvalue weighted by molar-refractivity contribution is 6.41. The molecule has 2 N–H and O–H groups in total. The summed E-state index contributed by atoms with van der Waals surface area (Å²) < 4.78 is 12.7. The van der Waals surface area contributed by atoms with Gasteiger partial charge in [0, 0.05) is 18.2 Å². The predicted molar refractivity (Wildman–Crippen MR) is 126 cm³/mol. The number of hydrogen-bond donors (Lipinski definition) is 2. The molecular formula is C22H20Cl2N6O2. The molecule has 1 fully saturated rings. The summed E-state index contributed by atoms with van der Waals surface area (Å²) in [7, 11) is 3.06. The number of nitrogens with zero attached hydrogens (tertiary/aromatic N) is 4. The normalized spacial score (nSPS) is 13.2. The van der Waals surface area contributed by atoms with Gasteiger partial charge in [-0.1, -0.05) is 35.3 Å². The molecule has 1 aliphatic rings. The second-order valence-corrected chi connectivity index (χ2v) is 8.10. The van der Waals surface area contributed by atoms with Crippen LogP contribution in [0.1, 0.15) is 12.8 Å². The fraction of sp³-hybridized carbons (Fsp3) is 0.227. The van der Waals surface area contributed by atoms with Crippen molar-refractivity contribution in [1.82, 2.24) is 19.5 Å². The summed E-state index contributed by atoms with van der Waals surface area (Å²) in [6, 6.07) is 11.8. The molecule has 0 aliphatic heterocycles. The van der Waals surface area contributed by atoms with Crippen LogP contribution in [0.4, 0.5) is 17.5 Å². The molecule has 32 heavy (non-hydrogen) atoms. The Morgan fingerprint density at radius 2 is 1.72 bits per heavy atom. The van der Waals surface area contributed by atoms with Gasteiger partial charge in [0.1, 0.15) is 39.5 Å². The van der Waals surface area contributed by atoms with Crippen LogP contribution in [0.2, 0.25) is 10.0 Å². The Bertz CT molecular complexity index is 1280. The van der Waals surface area contributed by atoms with Crippen molar-refractivity contribution in [3.8, 4) is 17.3 Å². The molecule has 2 aromatic heterocycles. The molecule has 0 spiro atoms. The zero-order valence-corrected chi connectivity index (χ0v) is 18.9. The van der Waals surface area contributed by atoms with Crippen LogP contribution in [0.5, 0.6) is 11.5 Å². The van der Waals surface area contributed by atoms with E-state index in [0.29, 0.717) is 45.0 Å². The maximum absolute atomic E-state index is 6.58. The minimum absolute atomic E-state index is 0.315. The van der Waals surface area contributed by atoms with Crippen molar-refractivity contribution in [2.75, 3.05) is 24.9 Å². The van der Waals surface area contributed by atoms with Gasteiger partial charge in [0.15, 0.2) is 0 Å². The van der Waals surface area contributed by atoms with Crippen molar-refractivity contribution >= 4 is 51.7 Å². The molecule has 8 nitrogen and oxygen atoms in total. The Morgan fingerprint density at radius 3 is 2.41 bits per heavy atom. The summed E-state index contributed by atoms with van der Waals surface area (Å²) >= 11 is 13.2. The number of aromatic nitrogens is 4. The van der Waals surface area contributed by atoms with E-state index in [-0.39, 0.29) is 0 Å². The molecule has 0 bridgehead atoms. The number of rotatable bonds is 7. The van der Waals surface area contributed by atoms with Crippen molar-refractivity contribution in [1.29, 1.82) is 0 Å². The number of ether oxygens (including phenoxy) is 2. The maximum atomic E-state index is 6.58. The molecule has 1 aliphatic carbocycles. The van der Waals surface area contributed by atoms with Crippen LogP contribution in [0.25, 0.3) is 16.9 Å². The first-order chi connectivity index (χ1) is 15.6. The van der Waals surface area contributed by atoms with E-state index in [0.717, 1.165) is 29.7 Å². The molecule has 0 radical (unpaired) electrons. The standard InChI is InChI=1S/C22H20Cl2N6O2/c1-31-15-9-16(32-2)20(24)21(19(15)23)29-22-28-13-5-3-4-6-14(13)30(22)18-10-17(25-11-26-18)27-12-7-8-12/h3-6,9-12H,7-8H2,1-2H3,(H,28,29)(H,25,26,27). The lowest BCUT2D eigenvalue weighted by Crippen LogP contribution is -2.08. The first-order valence-corrected chi connectivity index (χ1v) is 10.8. The number of benzene rings is 2. The van der Waals surface area contributed by atoms with Gasteiger partial charge in [-0.3, -0.25) is 4.57 Å². The summed E-state index contributed by atoms with van der Waals surface area (Å²) in [5.41, 5.74) is 2.08. The first-order valence-electron chi connectivity index (χ1n) is 10.0. The average molecular weight is 471 g/mol. The molecule has 1 saturated carbocycles. The van der Waals surface area contributed by atoms with E-state index in [1.807, 2.05) is 34.9 Å². The third kappa shape index (κ3) is 3.76. The van der Waals surface area contributed by atoms with Gasteiger partial charge in [0.25, 0.3) is 0 Å². The Morgan fingerprint density at radius 1 is 1.00 bits per heavy atom. The number of fused-ring (bicyclic) bond motifs is 1. The zero-order valence-electron chi connectivity index (χ0n) is 17.4. The van der Waals surface area contributed by atoms with Crippen LogP contribution in [0, 0.1) is 0 Å². The molecule has 2 aromatic carbocycles. The highest BCUT2D eigenvalue weighted by Gasteiger charge is 2.23. The second kappa shape index (κ2) is 8.37. The monoisotopic (exact) mass is 470 g/mol. The van der Waals surface area contributed by atoms with Gasteiger partial charge in [0.05, 0.1) is 30.9 Å². The molecule has 0 saturated heterocycles. The number of imidazole rings is 1. The smallest absolute Gasteiger partial charge is 0.214 e. The van der Waals surface area contributed by atoms with Gasteiger partial charge in [0.2, 0.25) is 5.95 Å². The number of methoxy groups -OCH3 is 2. The van der Waals surface area contributed by atoms with E-state index in [1.54, 1.807) is 6.07 Å². The zero-order chi connectivity index (χ0) is 22.2. The molecule has 10 heteroatoms. The number of anilines is 3. The SMILES string of the molecule is COc1cc(OC)c(Cl)c(Nc2nc3ccccc3n2-c2cc(NC3CC3)ncn2)c1Cl. The van der Waals surface area contributed by atoms with Crippen LogP contribution in [-0.4, -0.2) is 39.8 Å². The molecule has 2 heterocycles. The Labute approximate surface area is 194 Å². The van der Waals surface area contributed by atoms with Crippen LogP contribution in [0.15, 0.2) is 42.7 Å². The fourth-order valence-corrected chi connectivity index (χ4v) is 4.03. The Balaban J connectivity index is 1.65. The lowest BCUT2D eigenvalue weighted by atomic mass is 10.2. The average Bonchev–Trinajstić information content (AvgIpc) is 3.54. The van der Waals surface area contributed by atoms with Crippen LogP contribution in [0.3, 0.4) is 0 Å². The Kier molecular flexibility index (Phi) is 5.40. The van der Waals surface area contributed by atoms with Gasteiger partial charge in [-0.2, -0.15) is 0 Å². The van der Waals surface area contributed by atoms with Gasteiger partial charge >= 0.3 is 0 Å². The molecule has 5 rings (SSSR count). The van der Waals surface area contributed by atoms with Crippen molar-refractivity contribution < 1.29 is 9.47 Å². The minimum atomic E-state index is 0.315. The van der Waals surface area contributed by atoms with E-state index in [9.17, 15) is 0 Å². The summed E-state index contributed by atoms with van der Waals surface area (Å²) in [4.78, 5) is 13.6. The lowest BCUT2D eigenvalue weighted by molar-refractivity contribution is 0.395. The third-order valence-electron chi connectivity index (χ3n) is 5.18. The fourth-order valence-electron chi connectivity index (χ4n) is 3.43. The number of para-hydroxylation sites is 2. The van der Waals surface area contributed by atoms with Gasteiger partial charge < -0.3 is 20.1 Å². The van der Waals surface area contributed by atoms with Gasteiger partial charge in [-0.05, 0) is 25.0 Å². The Hall–Kier alpha value is -3.23. The van der Waals surface area contributed by atoms with E-state index >= 15 is 0 Å². The van der Waals surface area contributed by atoms with Crippen molar-refractivity contribution in [2.24, 2.45) is 0 Å². The lowest BCUT2D eigenvalue weighted by Gasteiger charge is -2.16. The van der Waals surface area contributed by atoms with Gasteiger partial charge in [-0.25, -0.2) is 15.0 Å². The molecule has 4 aromatic rings. The minimum Gasteiger partial charge on any atom is -0.495 e. The topological polar surface area (TPSA) is 86.1 Å². The van der Waals surface area contributed by atoms with Crippen molar-refractivity contribution in [2.45, 2.75) is 18.9 Å². The van der Waals surface area contributed by atoms with E-state index in [4.69, 9.17) is 37.7 Å². The maximum Gasteiger partial charge on any atom is 0.214 e. The van der Waals surface area contributed by atoms with E-state index in [2.05, 4.69) is 20.6 Å². The summed E-state index contributed by atoms with van der Waals surface area (Å²) in [6.07, 6.45) is 3.83. The number of hydrogen-bond acceptors (Lipinski definition) is 7. The summed E-state index contributed by atoms with van der Waals surface area (Å²) in [5, 5.41) is 7.30. The second-order valence-electron chi connectivity index (χ2n) is 7.35. The predicted octanol–water partition coefficient (Wildman–Crippen LogP) is 5.46. The number of halogens is 2. The summed E-state index contributed by atoms with van der Waals surface area (Å²) in [6.45, 7) is 0. The molecule has 0 atom stereocenters. The van der Waals surface area contributed by atoms with Gasteiger partial charge in [-0.15, -0.1) is 0 Å². The van der Waals surface area contributed by atoms with Crippen molar-refractivity contribution in [3.05, 3.63) is 52.8 Å². The number of nitrogens with one attached hydrogen (secondary N) is 2. The van der Waals surface area contributed by atoms with Crippen LogP contribution < -0.4 is 20.1 Å². The first kappa shape index (κ1) is 20.7. The third-order valence-corrected chi connectivity index (χ3v) is 5.93. The largest absolute Gasteiger partial charge is 0.495 e. The molecular weight excluding hydrogens is 451 g/mol. The molecule has 0 amide bonds. The molecule has 164 valence electrons. The highest BCUT2D eigenvalue weighted by Crippen LogP contribution is 2.45. The quantitative estimate of drug-likeness (QED) is 0.370. The highest BCUT2D eigenvalue weighted by atomic mass is 35.5. The summed E-state index contributed by atoms with van der Waals surface area (Å²) in [5.74, 6) is 2.76. The van der Waals surface area contributed by atoms with E-state index in [1.165, 1.54) is 20.5 Å².